The lowest BCUT2D eigenvalue weighted by Gasteiger charge is -2.23. The first-order valence-corrected chi connectivity index (χ1v) is 5.53. The van der Waals surface area contributed by atoms with Crippen molar-refractivity contribution in [1.29, 1.82) is 0 Å². The van der Waals surface area contributed by atoms with Gasteiger partial charge in [0.05, 0.1) is 12.7 Å². The van der Waals surface area contributed by atoms with E-state index in [2.05, 4.69) is 0 Å². The van der Waals surface area contributed by atoms with Gasteiger partial charge in [-0.2, -0.15) is 0 Å². The summed E-state index contributed by atoms with van der Waals surface area (Å²) >= 11 is 0. The highest BCUT2D eigenvalue weighted by Gasteiger charge is 2.23. The summed E-state index contributed by atoms with van der Waals surface area (Å²) < 4.78 is 23.7. The summed E-state index contributed by atoms with van der Waals surface area (Å²) in [6.07, 6.45) is 0.694. The van der Waals surface area contributed by atoms with Gasteiger partial charge in [0.2, 0.25) is 0 Å². The monoisotopic (exact) mass is 242 g/mol. The zero-order valence-corrected chi connectivity index (χ0v) is 10.5. The van der Waals surface area contributed by atoms with Crippen LogP contribution in [0.5, 0.6) is 5.75 Å². The summed E-state index contributed by atoms with van der Waals surface area (Å²) in [5, 5.41) is 10.1. The average molecular weight is 242 g/mol. The number of benzene rings is 1. The Balaban J connectivity index is 2.80. The van der Waals surface area contributed by atoms with Gasteiger partial charge in [0, 0.05) is 20.1 Å². The molecule has 0 amide bonds. The number of hydrogen-bond donors (Lipinski definition) is 1. The van der Waals surface area contributed by atoms with Crippen molar-refractivity contribution >= 4 is 0 Å². The Hall–Kier alpha value is -1.13. The molecule has 1 unspecified atom stereocenters. The fraction of sp³-hybridized carbons (Fsp3) is 0.538. The van der Waals surface area contributed by atoms with E-state index in [4.69, 9.17) is 9.47 Å². The zero-order chi connectivity index (χ0) is 12.9. The number of halogens is 1. The quantitative estimate of drug-likeness (QED) is 0.830. The average Bonchev–Trinajstić information content (AvgIpc) is 2.29. The van der Waals surface area contributed by atoms with Crippen molar-refractivity contribution in [2.75, 3.05) is 20.8 Å². The molecule has 0 heterocycles. The van der Waals surface area contributed by atoms with Crippen LogP contribution in [-0.4, -0.2) is 31.5 Å². The maximum absolute atomic E-state index is 13.9. The molecule has 1 aromatic carbocycles. The Morgan fingerprint density at radius 2 is 2.06 bits per heavy atom. The Bertz CT molecular complexity index is 364. The van der Waals surface area contributed by atoms with Gasteiger partial charge in [0.1, 0.15) is 0 Å². The molecule has 3 nitrogen and oxygen atoms in total. The molecule has 0 aliphatic carbocycles. The van der Waals surface area contributed by atoms with Gasteiger partial charge in [0.25, 0.3) is 0 Å². The highest BCUT2D eigenvalue weighted by atomic mass is 19.1. The first-order valence-electron chi connectivity index (χ1n) is 5.53. The van der Waals surface area contributed by atoms with Crippen LogP contribution < -0.4 is 4.74 Å². The largest absolute Gasteiger partial charge is 0.494 e. The maximum Gasteiger partial charge on any atom is 0.168 e. The summed E-state index contributed by atoms with van der Waals surface area (Å²) in [5.74, 6) is -0.210. The third-order valence-corrected chi connectivity index (χ3v) is 2.68. The fourth-order valence-electron chi connectivity index (χ4n) is 1.67. The van der Waals surface area contributed by atoms with E-state index in [1.54, 1.807) is 32.2 Å². The van der Waals surface area contributed by atoms with Gasteiger partial charge < -0.3 is 14.6 Å². The van der Waals surface area contributed by atoms with Crippen molar-refractivity contribution in [3.05, 3.63) is 29.6 Å². The highest BCUT2D eigenvalue weighted by Crippen LogP contribution is 2.24. The molecule has 0 fully saturated rings. The summed E-state index contributed by atoms with van der Waals surface area (Å²) in [7, 11) is 2.99. The highest BCUT2D eigenvalue weighted by molar-refractivity contribution is 5.31. The first kappa shape index (κ1) is 13.9. The first-order chi connectivity index (χ1) is 8.00. The maximum atomic E-state index is 13.9. The van der Waals surface area contributed by atoms with Gasteiger partial charge in [-0.15, -0.1) is 0 Å². The van der Waals surface area contributed by atoms with Crippen LogP contribution in [-0.2, 0) is 11.2 Å². The second kappa shape index (κ2) is 5.98. The van der Waals surface area contributed by atoms with E-state index in [9.17, 15) is 9.50 Å². The third kappa shape index (κ3) is 3.98. The normalized spacial score (nSPS) is 14.4. The van der Waals surface area contributed by atoms with Crippen LogP contribution in [0.4, 0.5) is 4.39 Å². The molecule has 0 aliphatic rings. The van der Waals surface area contributed by atoms with Crippen LogP contribution in [0, 0.1) is 5.82 Å². The zero-order valence-electron chi connectivity index (χ0n) is 10.5. The fourth-order valence-corrected chi connectivity index (χ4v) is 1.67. The minimum Gasteiger partial charge on any atom is -0.494 e. The molecular weight excluding hydrogens is 223 g/mol. The Kier molecular flexibility index (Phi) is 4.90. The molecule has 0 saturated heterocycles. The van der Waals surface area contributed by atoms with Crippen LogP contribution in [0.25, 0.3) is 0 Å². The second-order valence-corrected chi connectivity index (χ2v) is 4.35. The molecule has 0 spiro atoms. The molecule has 0 radical (unpaired) electrons. The standard InChI is InChI=1S/C13H19FO3/c1-13(15,7-8-16-2)9-10-5-4-6-11(17-3)12(10)14/h4-6,15H,7-9H2,1-3H3. The molecule has 1 N–H and O–H groups in total. The van der Waals surface area contributed by atoms with Crippen LogP contribution in [0.2, 0.25) is 0 Å². The molecule has 0 aromatic heterocycles. The second-order valence-electron chi connectivity index (χ2n) is 4.35. The SMILES string of the molecule is COCCC(C)(O)Cc1cccc(OC)c1F. The van der Waals surface area contributed by atoms with Crippen molar-refractivity contribution in [2.45, 2.75) is 25.4 Å². The molecule has 4 heteroatoms. The Morgan fingerprint density at radius 3 is 2.65 bits per heavy atom. The van der Waals surface area contributed by atoms with E-state index in [1.807, 2.05) is 0 Å². The van der Waals surface area contributed by atoms with E-state index in [1.165, 1.54) is 7.11 Å². The van der Waals surface area contributed by atoms with Gasteiger partial charge in [-0.05, 0) is 25.0 Å². The predicted molar refractivity (Wildman–Crippen MR) is 63.8 cm³/mol. The van der Waals surface area contributed by atoms with E-state index in [0.717, 1.165) is 0 Å². The molecule has 17 heavy (non-hydrogen) atoms. The topological polar surface area (TPSA) is 38.7 Å². The minimum atomic E-state index is -0.983. The lowest BCUT2D eigenvalue weighted by molar-refractivity contribution is 0.0242. The van der Waals surface area contributed by atoms with E-state index in [0.29, 0.717) is 18.6 Å². The van der Waals surface area contributed by atoms with Gasteiger partial charge in [-0.25, -0.2) is 4.39 Å². The Labute approximate surface area is 101 Å². The van der Waals surface area contributed by atoms with Gasteiger partial charge in [0.15, 0.2) is 11.6 Å². The summed E-state index contributed by atoms with van der Waals surface area (Å²) in [4.78, 5) is 0. The van der Waals surface area contributed by atoms with Crippen LogP contribution >= 0.6 is 0 Å². The number of rotatable bonds is 6. The predicted octanol–water partition coefficient (Wildman–Crippen LogP) is 2.16. The Morgan fingerprint density at radius 1 is 1.35 bits per heavy atom. The number of aliphatic hydroxyl groups is 1. The smallest absolute Gasteiger partial charge is 0.168 e. The van der Waals surface area contributed by atoms with Crippen molar-refractivity contribution in [3.8, 4) is 5.75 Å². The van der Waals surface area contributed by atoms with Crippen LogP contribution in [0.1, 0.15) is 18.9 Å². The van der Waals surface area contributed by atoms with E-state index < -0.39 is 11.4 Å². The number of ether oxygens (including phenoxy) is 2. The molecule has 0 aliphatic heterocycles. The molecule has 96 valence electrons. The lowest BCUT2D eigenvalue weighted by Crippen LogP contribution is -2.29. The molecular formula is C13H19FO3. The third-order valence-electron chi connectivity index (χ3n) is 2.68. The molecule has 0 bridgehead atoms. The summed E-state index contributed by atoms with van der Waals surface area (Å²) in [6.45, 7) is 2.11. The van der Waals surface area contributed by atoms with Crippen molar-refractivity contribution in [2.24, 2.45) is 0 Å². The number of hydrogen-bond acceptors (Lipinski definition) is 3. The van der Waals surface area contributed by atoms with Crippen molar-refractivity contribution in [3.63, 3.8) is 0 Å². The van der Waals surface area contributed by atoms with Gasteiger partial charge in [-0.3, -0.25) is 0 Å². The van der Waals surface area contributed by atoms with Crippen molar-refractivity contribution < 1.29 is 19.0 Å². The van der Waals surface area contributed by atoms with E-state index in [-0.39, 0.29) is 12.2 Å². The van der Waals surface area contributed by atoms with E-state index >= 15 is 0 Å². The van der Waals surface area contributed by atoms with Crippen molar-refractivity contribution in [1.82, 2.24) is 0 Å². The summed E-state index contributed by atoms with van der Waals surface area (Å²) in [6, 6.07) is 4.92. The molecule has 1 aromatic rings. The molecule has 1 rings (SSSR count). The number of methoxy groups -OCH3 is 2. The van der Waals surface area contributed by atoms with Crippen LogP contribution in [0.3, 0.4) is 0 Å². The summed E-state index contributed by atoms with van der Waals surface area (Å²) in [5.41, 5.74) is -0.533. The van der Waals surface area contributed by atoms with Crippen LogP contribution in [0.15, 0.2) is 18.2 Å². The lowest BCUT2D eigenvalue weighted by atomic mass is 9.93. The van der Waals surface area contributed by atoms with Gasteiger partial charge >= 0.3 is 0 Å². The molecule has 1 atom stereocenters. The minimum absolute atomic E-state index is 0.199. The molecule has 0 saturated carbocycles. The van der Waals surface area contributed by atoms with Gasteiger partial charge in [-0.1, -0.05) is 12.1 Å².